The molecule has 140 valence electrons. The summed E-state index contributed by atoms with van der Waals surface area (Å²) in [6.07, 6.45) is 6.28. The second-order valence-corrected chi connectivity index (χ2v) is 7.94. The van der Waals surface area contributed by atoms with Crippen LogP contribution in [0.15, 0.2) is 34.9 Å². The molecule has 0 spiro atoms. The van der Waals surface area contributed by atoms with Crippen molar-refractivity contribution in [2.45, 2.75) is 58.0 Å². The molecule has 1 aromatic heterocycles. The van der Waals surface area contributed by atoms with E-state index in [2.05, 4.69) is 59.1 Å². The van der Waals surface area contributed by atoms with E-state index in [9.17, 15) is 0 Å². The molecule has 4 heteroatoms. The molecule has 0 N–H and O–H groups in total. The molecule has 0 radical (unpaired) electrons. The van der Waals surface area contributed by atoms with Crippen LogP contribution < -0.4 is 0 Å². The molecular formula is C22H31N3O. The van der Waals surface area contributed by atoms with Gasteiger partial charge in [-0.3, -0.25) is 4.90 Å². The molecule has 3 heterocycles. The minimum Gasteiger partial charge on any atom is -0.361 e. The van der Waals surface area contributed by atoms with E-state index in [-0.39, 0.29) is 0 Å². The Morgan fingerprint density at radius 1 is 1.04 bits per heavy atom. The lowest BCUT2D eigenvalue weighted by Crippen LogP contribution is -2.45. The average molecular weight is 354 g/mol. The van der Waals surface area contributed by atoms with Crippen LogP contribution >= 0.6 is 0 Å². The third-order valence-corrected chi connectivity index (χ3v) is 6.30. The summed E-state index contributed by atoms with van der Waals surface area (Å²) in [5.41, 5.74) is 3.89. The van der Waals surface area contributed by atoms with E-state index in [1.807, 2.05) is 0 Å². The maximum Gasteiger partial charge on any atom is 0.138 e. The van der Waals surface area contributed by atoms with Gasteiger partial charge in [-0.1, -0.05) is 35.5 Å². The first-order valence-electron chi connectivity index (χ1n) is 10.2. The second kappa shape index (κ2) is 7.93. The minimum absolute atomic E-state index is 0.516. The van der Waals surface area contributed by atoms with E-state index < -0.39 is 0 Å². The number of likely N-dealkylation sites (tertiary alicyclic amines) is 2. The summed E-state index contributed by atoms with van der Waals surface area (Å²) in [5, 5.41) is 4.20. The third-order valence-electron chi connectivity index (χ3n) is 6.30. The molecule has 1 atom stereocenters. The Hall–Kier alpha value is -1.65. The van der Waals surface area contributed by atoms with Crippen LogP contribution in [0.5, 0.6) is 0 Å². The van der Waals surface area contributed by atoms with Crippen LogP contribution in [0.4, 0.5) is 0 Å². The molecular weight excluding hydrogens is 322 g/mol. The molecule has 2 aliphatic rings. The first-order chi connectivity index (χ1) is 12.7. The maximum absolute atomic E-state index is 5.45. The fraction of sp³-hybridized carbons (Fsp3) is 0.591. The Balaban J connectivity index is 1.33. The molecule has 0 aliphatic carbocycles. The largest absolute Gasteiger partial charge is 0.361 e. The van der Waals surface area contributed by atoms with Crippen LogP contribution in [0.1, 0.15) is 54.3 Å². The molecule has 0 saturated carbocycles. The van der Waals surface area contributed by atoms with Crippen molar-refractivity contribution in [3.63, 3.8) is 0 Å². The van der Waals surface area contributed by atoms with Crippen LogP contribution in [0, 0.1) is 13.8 Å². The monoisotopic (exact) mass is 353 g/mol. The van der Waals surface area contributed by atoms with Gasteiger partial charge in [-0.25, -0.2) is 0 Å². The van der Waals surface area contributed by atoms with Gasteiger partial charge in [0.25, 0.3) is 0 Å². The first-order valence-corrected chi connectivity index (χ1v) is 10.2. The maximum atomic E-state index is 5.45. The van der Waals surface area contributed by atoms with Crippen LogP contribution in [0.25, 0.3) is 0 Å². The zero-order valence-electron chi connectivity index (χ0n) is 16.2. The topological polar surface area (TPSA) is 32.5 Å². The summed E-state index contributed by atoms with van der Waals surface area (Å²) >= 11 is 0. The molecule has 0 amide bonds. The van der Waals surface area contributed by atoms with Crippen LogP contribution in [-0.4, -0.2) is 47.2 Å². The van der Waals surface area contributed by atoms with E-state index >= 15 is 0 Å². The van der Waals surface area contributed by atoms with E-state index in [4.69, 9.17) is 4.52 Å². The van der Waals surface area contributed by atoms with Crippen LogP contribution in [0.3, 0.4) is 0 Å². The van der Waals surface area contributed by atoms with E-state index in [0.717, 1.165) is 17.9 Å². The quantitative estimate of drug-likeness (QED) is 0.809. The van der Waals surface area contributed by atoms with Gasteiger partial charge < -0.3 is 9.42 Å². The summed E-state index contributed by atoms with van der Waals surface area (Å²) in [6, 6.07) is 12.1. The molecule has 0 unspecified atom stereocenters. The van der Waals surface area contributed by atoms with Crippen molar-refractivity contribution in [3.8, 4) is 0 Å². The summed E-state index contributed by atoms with van der Waals surface area (Å²) < 4.78 is 5.45. The molecule has 2 aromatic rings. The Morgan fingerprint density at radius 2 is 1.81 bits per heavy atom. The Kier molecular flexibility index (Phi) is 5.41. The summed E-state index contributed by atoms with van der Waals surface area (Å²) in [5.74, 6) is 1.01. The van der Waals surface area contributed by atoms with Gasteiger partial charge in [-0.15, -0.1) is 0 Å². The van der Waals surface area contributed by atoms with Crippen LogP contribution in [0.2, 0.25) is 0 Å². The number of benzene rings is 1. The molecule has 0 bridgehead atoms. The van der Waals surface area contributed by atoms with Crippen molar-refractivity contribution >= 4 is 0 Å². The second-order valence-electron chi connectivity index (χ2n) is 7.94. The van der Waals surface area contributed by atoms with E-state index in [1.165, 1.54) is 63.0 Å². The fourth-order valence-electron chi connectivity index (χ4n) is 4.91. The third kappa shape index (κ3) is 3.72. The van der Waals surface area contributed by atoms with Crippen molar-refractivity contribution in [2.24, 2.45) is 0 Å². The number of hydrogen-bond acceptors (Lipinski definition) is 4. The van der Waals surface area contributed by atoms with Gasteiger partial charge in [0.15, 0.2) is 0 Å². The number of piperidine rings is 1. The standard InChI is InChI=1S/C22H31N3O/c1-17-22(18(2)26-23-17)21-9-6-13-25(21)20-11-15-24(16-12-20)14-10-19-7-4-3-5-8-19/h3-5,7-8,20-21H,6,9-16H2,1-2H3/t21-/m1/s1. The summed E-state index contributed by atoms with van der Waals surface area (Å²) in [4.78, 5) is 5.39. The highest BCUT2D eigenvalue weighted by atomic mass is 16.5. The van der Waals surface area contributed by atoms with Gasteiger partial charge >= 0.3 is 0 Å². The SMILES string of the molecule is Cc1noc(C)c1[C@H]1CCCN1C1CCN(CCc2ccccc2)CC1. The van der Waals surface area contributed by atoms with Gasteiger partial charge in [-0.2, -0.15) is 0 Å². The highest BCUT2D eigenvalue weighted by Crippen LogP contribution is 2.38. The molecule has 1 aromatic carbocycles. The molecule has 2 fully saturated rings. The summed E-state index contributed by atoms with van der Waals surface area (Å²) in [6.45, 7) is 9.02. The van der Waals surface area contributed by atoms with Gasteiger partial charge in [0.2, 0.25) is 0 Å². The lowest BCUT2D eigenvalue weighted by Gasteiger charge is -2.39. The number of aromatic nitrogens is 1. The number of aryl methyl sites for hydroxylation is 2. The van der Waals surface area contributed by atoms with Gasteiger partial charge in [0.1, 0.15) is 5.76 Å². The molecule has 26 heavy (non-hydrogen) atoms. The molecule has 2 aliphatic heterocycles. The Labute approximate surface area is 157 Å². The smallest absolute Gasteiger partial charge is 0.138 e. The highest BCUT2D eigenvalue weighted by Gasteiger charge is 2.36. The first kappa shape index (κ1) is 17.7. The number of nitrogens with zero attached hydrogens (tertiary/aromatic N) is 3. The van der Waals surface area contributed by atoms with Crippen LogP contribution in [-0.2, 0) is 6.42 Å². The molecule has 4 nitrogen and oxygen atoms in total. The van der Waals surface area contributed by atoms with Crippen molar-refractivity contribution < 1.29 is 4.52 Å². The summed E-state index contributed by atoms with van der Waals surface area (Å²) in [7, 11) is 0. The molecule has 4 rings (SSSR count). The fourth-order valence-corrected chi connectivity index (χ4v) is 4.91. The van der Waals surface area contributed by atoms with E-state index in [1.54, 1.807) is 0 Å². The average Bonchev–Trinajstić information content (AvgIpc) is 3.27. The number of hydrogen-bond donors (Lipinski definition) is 0. The van der Waals surface area contributed by atoms with Gasteiger partial charge in [0, 0.05) is 24.2 Å². The zero-order valence-corrected chi connectivity index (χ0v) is 16.2. The molecule has 2 saturated heterocycles. The van der Waals surface area contributed by atoms with Crippen molar-refractivity contribution in [2.75, 3.05) is 26.2 Å². The predicted octanol–water partition coefficient (Wildman–Crippen LogP) is 4.14. The Bertz CT molecular complexity index is 684. The van der Waals surface area contributed by atoms with Gasteiger partial charge in [0.05, 0.1) is 5.69 Å². The highest BCUT2D eigenvalue weighted by molar-refractivity contribution is 5.26. The van der Waals surface area contributed by atoms with Crippen molar-refractivity contribution in [1.82, 2.24) is 15.0 Å². The zero-order chi connectivity index (χ0) is 17.9. The predicted molar refractivity (Wildman–Crippen MR) is 104 cm³/mol. The normalized spacial score (nSPS) is 22.9. The number of rotatable bonds is 5. The lowest BCUT2D eigenvalue weighted by molar-refractivity contribution is 0.0985. The minimum atomic E-state index is 0.516. The van der Waals surface area contributed by atoms with E-state index in [0.29, 0.717) is 12.1 Å². The lowest BCUT2D eigenvalue weighted by atomic mass is 9.97. The van der Waals surface area contributed by atoms with Gasteiger partial charge in [-0.05, 0) is 71.1 Å². The van der Waals surface area contributed by atoms with Crippen molar-refractivity contribution in [1.29, 1.82) is 0 Å². The van der Waals surface area contributed by atoms with Crippen molar-refractivity contribution in [3.05, 3.63) is 52.9 Å². The Morgan fingerprint density at radius 3 is 2.50 bits per heavy atom.